The molecule has 230 valence electrons. The molecule has 1 heterocycles. The fraction of sp³-hybridized carbons (Fsp3) is 0.286. The first kappa shape index (κ1) is 30.4. The molecule has 5 rings (SSSR count). The van der Waals surface area contributed by atoms with Crippen molar-refractivity contribution in [2.45, 2.75) is 39.5 Å². The first-order valence-corrected chi connectivity index (χ1v) is 14.6. The van der Waals surface area contributed by atoms with Crippen molar-refractivity contribution in [1.82, 2.24) is 0 Å². The lowest BCUT2D eigenvalue weighted by molar-refractivity contribution is -0.107. The van der Waals surface area contributed by atoms with Crippen LogP contribution >= 0.6 is 0 Å². The molecule has 0 radical (unpaired) electrons. The summed E-state index contributed by atoms with van der Waals surface area (Å²) in [5.41, 5.74) is 14.8. The summed E-state index contributed by atoms with van der Waals surface area (Å²) in [5, 5.41) is 6.71. The highest BCUT2D eigenvalue weighted by molar-refractivity contribution is 5.81. The van der Waals surface area contributed by atoms with Crippen molar-refractivity contribution in [2.75, 3.05) is 49.1 Å². The number of hydrogen-bond acceptors (Lipinski definition) is 8. The Kier molecular flexibility index (Phi) is 9.33. The van der Waals surface area contributed by atoms with Gasteiger partial charge in [0.2, 0.25) is 6.41 Å². The third-order valence-electron chi connectivity index (χ3n) is 7.91. The van der Waals surface area contributed by atoms with Crippen LogP contribution in [0.5, 0.6) is 23.0 Å². The highest BCUT2D eigenvalue weighted by atomic mass is 16.5. The van der Waals surface area contributed by atoms with Crippen LogP contribution in [0.4, 0.5) is 22.7 Å². The fourth-order valence-corrected chi connectivity index (χ4v) is 5.63. The molecule has 1 atom stereocenters. The van der Waals surface area contributed by atoms with Crippen LogP contribution in [0.1, 0.15) is 27.8 Å². The predicted octanol–water partition coefficient (Wildman–Crippen LogP) is 6.10. The summed E-state index contributed by atoms with van der Waals surface area (Å²) in [6.45, 7) is 5.22. The number of rotatable bonds is 13. The zero-order chi connectivity index (χ0) is 31.2. The zero-order valence-electron chi connectivity index (χ0n) is 25.9. The van der Waals surface area contributed by atoms with E-state index in [-0.39, 0.29) is 12.6 Å². The largest absolute Gasteiger partial charge is 0.493 e. The summed E-state index contributed by atoms with van der Waals surface area (Å²) in [5.74, 6) is 2.55. The molecule has 0 aliphatic carbocycles. The van der Waals surface area contributed by atoms with E-state index in [0.717, 1.165) is 52.1 Å². The first-order valence-electron chi connectivity index (χ1n) is 14.6. The number of para-hydroxylation sites is 1. The van der Waals surface area contributed by atoms with Gasteiger partial charge in [-0.05, 0) is 84.5 Å². The summed E-state index contributed by atoms with van der Waals surface area (Å²) in [4.78, 5) is 13.7. The van der Waals surface area contributed by atoms with Crippen LogP contribution in [-0.4, -0.2) is 40.3 Å². The second kappa shape index (κ2) is 13.5. The van der Waals surface area contributed by atoms with Crippen molar-refractivity contribution in [3.05, 3.63) is 94.5 Å². The van der Waals surface area contributed by atoms with Gasteiger partial charge in [0.05, 0.1) is 20.3 Å². The van der Waals surface area contributed by atoms with E-state index in [2.05, 4.69) is 16.7 Å². The van der Waals surface area contributed by atoms with E-state index in [0.29, 0.717) is 41.8 Å². The number of amides is 1. The maximum atomic E-state index is 11.9. The lowest BCUT2D eigenvalue weighted by Crippen LogP contribution is -2.36. The molecule has 0 bridgehead atoms. The van der Waals surface area contributed by atoms with Gasteiger partial charge in [-0.1, -0.05) is 18.2 Å². The average Bonchev–Trinajstić information content (AvgIpc) is 3.39. The van der Waals surface area contributed by atoms with Gasteiger partial charge >= 0.3 is 0 Å². The minimum absolute atomic E-state index is 0.0217. The van der Waals surface area contributed by atoms with E-state index >= 15 is 0 Å². The Morgan fingerprint density at radius 1 is 0.841 bits per heavy atom. The number of anilines is 4. The summed E-state index contributed by atoms with van der Waals surface area (Å²) in [7, 11) is 5.13. The molecule has 1 aliphatic rings. The molecule has 0 aromatic heterocycles. The summed E-state index contributed by atoms with van der Waals surface area (Å²) in [6.07, 6.45) is 1.71. The summed E-state index contributed by atoms with van der Waals surface area (Å²) < 4.78 is 23.6. The van der Waals surface area contributed by atoms with Gasteiger partial charge in [-0.3, -0.25) is 4.79 Å². The number of nitrogens with zero attached hydrogens (tertiary/aromatic N) is 1. The number of carbonyl (C=O) groups excluding carboxylic acids is 1. The van der Waals surface area contributed by atoms with Crippen LogP contribution in [0.3, 0.4) is 0 Å². The van der Waals surface area contributed by atoms with Gasteiger partial charge in [0.1, 0.15) is 13.2 Å². The van der Waals surface area contributed by atoms with Gasteiger partial charge in [-0.2, -0.15) is 0 Å². The number of nitrogens with two attached hydrogens (primary N) is 1. The molecule has 1 aliphatic heterocycles. The number of methoxy groups -OCH3 is 2. The van der Waals surface area contributed by atoms with E-state index in [1.165, 1.54) is 5.56 Å². The quantitative estimate of drug-likeness (QED) is 0.126. The van der Waals surface area contributed by atoms with Crippen molar-refractivity contribution < 1.29 is 23.7 Å². The van der Waals surface area contributed by atoms with Crippen LogP contribution < -0.4 is 40.2 Å². The molecule has 9 nitrogen and oxygen atoms in total. The third-order valence-corrected chi connectivity index (χ3v) is 7.91. The van der Waals surface area contributed by atoms with Crippen LogP contribution in [0.15, 0.2) is 66.7 Å². The predicted molar refractivity (Wildman–Crippen MR) is 175 cm³/mol. The van der Waals surface area contributed by atoms with Crippen molar-refractivity contribution in [3.63, 3.8) is 0 Å². The maximum Gasteiger partial charge on any atom is 0.214 e. The Balaban J connectivity index is 1.27. The molecule has 9 heteroatoms. The molecule has 0 spiro atoms. The third kappa shape index (κ3) is 6.62. The lowest BCUT2D eigenvalue weighted by atomic mass is 10.1. The average molecular weight is 597 g/mol. The van der Waals surface area contributed by atoms with Crippen LogP contribution in [0.2, 0.25) is 0 Å². The van der Waals surface area contributed by atoms with Crippen molar-refractivity contribution >= 4 is 29.2 Å². The van der Waals surface area contributed by atoms with Gasteiger partial charge in [-0.25, -0.2) is 0 Å². The Morgan fingerprint density at radius 3 is 2.02 bits per heavy atom. The number of nitrogens with one attached hydrogen (secondary N) is 2. The zero-order valence-corrected chi connectivity index (χ0v) is 25.9. The van der Waals surface area contributed by atoms with Gasteiger partial charge in [0, 0.05) is 48.5 Å². The highest BCUT2D eigenvalue weighted by Crippen LogP contribution is 2.36. The standard InChI is InChI=1S/C35H40N4O5/c1-22-10-32(41-4)34(16-29(22)37-3)43-19-24-12-25(14-27(36)13-24)20-44-35-17-30(23(2)11-33(35)42-5)38-18-28-15-26-8-6-7-9-31(26)39(28)21-40/h6-14,16-17,21,28,37-38H,15,18-20,36H2,1-5H3. The smallest absolute Gasteiger partial charge is 0.214 e. The molecule has 4 aromatic carbocycles. The number of nitrogen functional groups attached to an aromatic ring is 1. The number of carbonyl (C=O) groups is 1. The lowest BCUT2D eigenvalue weighted by Gasteiger charge is -2.23. The van der Waals surface area contributed by atoms with E-state index in [1.54, 1.807) is 19.1 Å². The van der Waals surface area contributed by atoms with E-state index in [9.17, 15) is 4.79 Å². The monoisotopic (exact) mass is 596 g/mol. The number of hydrogen-bond donors (Lipinski definition) is 3. The second-order valence-electron chi connectivity index (χ2n) is 10.9. The molecule has 1 amide bonds. The minimum Gasteiger partial charge on any atom is -0.493 e. The molecular formula is C35H40N4O5. The minimum atomic E-state index is 0.0217. The Morgan fingerprint density at radius 2 is 1.43 bits per heavy atom. The van der Waals surface area contributed by atoms with Crippen molar-refractivity contribution in [3.8, 4) is 23.0 Å². The Bertz CT molecular complexity index is 1640. The topological polar surface area (TPSA) is 107 Å². The van der Waals surface area contributed by atoms with Gasteiger partial charge in [0.25, 0.3) is 0 Å². The summed E-state index contributed by atoms with van der Waals surface area (Å²) >= 11 is 0. The molecule has 1 unspecified atom stereocenters. The molecular weight excluding hydrogens is 556 g/mol. The fourth-order valence-electron chi connectivity index (χ4n) is 5.63. The molecule has 0 saturated heterocycles. The van der Waals surface area contributed by atoms with Gasteiger partial charge in [-0.15, -0.1) is 0 Å². The van der Waals surface area contributed by atoms with Gasteiger partial charge in [0.15, 0.2) is 23.0 Å². The summed E-state index contributed by atoms with van der Waals surface area (Å²) in [6, 6.07) is 21.6. The Labute approximate surface area is 258 Å². The SMILES string of the molecule is CNc1cc(OCc2cc(N)cc(COc3cc(NCC4Cc5ccccc5N4C=O)c(C)cc3OC)c2)c(OC)cc1C. The molecule has 0 saturated carbocycles. The number of fused-ring (bicyclic) bond motifs is 1. The number of aryl methyl sites for hydroxylation is 2. The molecule has 4 aromatic rings. The maximum absolute atomic E-state index is 11.9. The number of ether oxygens (including phenoxy) is 4. The molecule has 44 heavy (non-hydrogen) atoms. The van der Waals surface area contributed by atoms with Crippen LogP contribution in [0, 0.1) is 13.8 Å². The molecule has 4 N–H and O–H groups in total. The first-order chi connectivity index (χ1) is 21.3. The van der Waals surface area contributed by atoms with E-state index < -0.39 is 0 Å². The normalized spacial score (nSPS) is 13.7. The van der Waals surface area contributed by atoms with E-state index in [1.807, 2.05) is 81.6 Å². The highest BCUT2D eigenvalue weighted by Gasteiger charge is 2.28. The van der Waals surface area contributed by atoms with Gasteiger partial charge < -0.3 is 40.2 Å². The van der Waals surface area contributed by atoms with Crippen molar-refractivity contribution in [1.29, 1.82) is 0 Å². The van der Waals surface area contributed by atoms with Crippen LogP contribution in [-0.2, 0) is 24.4 Å². The van der Waals surface area contributed by atoms with Crippen LogP contribution in [0.25, 0.3) is 0 Å². The van der Waals surface area contributed by atoms with E-state index in [4.69, 9.17) is 24.7 Å². The second-order valence-corrected chi connectivity index (χ2v) is 10.9. The number of benzene rings is 4. The molecule has 0 fully saturated rings. The Hall–Kier alpha value is -5.05. The van der Waals surface area contributed by atoms with Crippen molar-refractivity contribution in [2.24, 2.45) is 0 Å².